The highest BCUT2D eigenvalue weighted by atomic mass is 35.5. The molecule has 0 aliphatic rings. The molecule has 2 N–H and O–H groups in total. The molecule has 1 rings (SSSR count). The standard InChI is InChI=1S/C12H14ClNO4/c1-3-9(11(15)16)14-10-6-7(13)4-5-8(10)12(17)18-2/h4-6,9,14H,3H2,1-2H3,(H,15,16). The molecule has 1 unspecified atom stereocenters. The number of hydrogen-bond donors (Lipinski definition) is 2. The van der Waals surface area contributed by atoms with Gasteiger partial charge >= 0.3 is 11.9 Å². The van der Waals surface area contributed by atoms with Crippen LogP contribution in [0.3, 0.4) is 0 Å². The first-order chi connectivity index (χ1) is 8.49. The van der Waals surface area contributed by atoms with Crippen LogP contribution < -0.4 is 5.32 Å². The topological polar surface area (TPSA) is 75.6 Å². The Balaban J connectivity index is 3.09. The molecule has 0 amide bonds. The van der Waals surface area contributed by atoms with E-state index in [9.17, 15) is 9.59 Å². The van der Waals surface area contributed by atoms with Gasteiger partial charge in [-0.05, 0) is 24.6 Å². The van der Waals surface area contributed by atoms with Gasteiger partial charge in [-0.2, -0.15) is 0 Å². The monoisotopic (exact) mass is 271 g/mol. The van der Waals surface area contributed by atoms with Crippen LogP contribution in [0.1, 0.15) is 23.7 Å². The fraction of sp³-hybridized carbons (Fsp3) is 0.333. The number of carboxylic acids is 1. The molecule has 6 heteroatoms. The third kappa shape index (κ3) is 3.37. The molecule has 0 saturated heterocycles. The fourth-order valence-electron chi connectivity index (χ4n) is 1.45. The number of anilines is 1. The number of aliphatic carboxylic acids is 1. The van der Waals surface area contributed by atoms with E-state index >= 15 is 0 Å². The van der Waals surface area contributed by atoms with Crippen molar-refractivity contribution in [3.63, 3.8) is 0 Å². The summed E-state index contributed by atoms with van der Waals surface area (Å²) in [6, 6.07) is 3.75. The molecule has 1 atom stereocenters. The molecule has 5 nitrogen and oxygen atoms in total. The molecule has 0 heterocycles. The molecular formula is C12H14ClNO4. The molecule has 0 aliphatic carbocycles. The number of ether oxygens (including phenoxy) is 1. The van der Waals surface area contributed by atoms with E-state index in [0.717, 1.165) is 0 Å². The smallest absolute Gasteiger partial charge is 0.339 e. The van der Waals surface area contributed by atoms with E-state index in [1.165, 1.54) is 19.2 Å². The Morgan fingerprint density at radius 3 is 2.67 bits per heavy atom. The van der Waals surface area contributed by atoms with E-state index in [1.807, 2.05) is 0 Å². The summed E-state index contributed by atoms with van der Waals surface area (Å²) >= 11 is 5.83. The molecule has 18 heavy (non-hydrogen) atoms. The van der Waals surface area contributed by atoms with E-state index in [0.29, 0.717) is 17.1 Å². The minimum absolute atomic E-state index is 0.251. The number of halogens is 1. The number of carbonyl (C=O) groups is 2. The van der Waals surface area contributed by atoms with Crippen LogP contribution in [0.2, 0.25) is 5.02 Å². The van der Waals surface area contributed by atoms with Gasteiger partial charge in [0, 0.05) is 5.02 Å². The molecule has 0 radical (unpaired) electrons. The van der Waals surface area contributed by atoms with E-state index in [-0.39, 0.29) is 5.56 Å². The highest BCUT2D eigenvalue weighted by Crippen LogP contribution is 2.23. The second-order valence-electron chi connectivity index (χ2n) is 3.62. The van der Waals surface area contributed by atoms with Gasteiger partial charge in [0.15, 0.2) is 0 Å². The van der Waals surface area contributed by atoms with Crippen LogP contribution in [-0.4, -0.2) is 30.2 Å². The third-order valence-electron chi connectivity index (χ3n) is 2.42. The van der Waals surface area contributed by atoms with Crippen molar-refractivity contribution in [2.75, 3.05) is 12.4 Å². The zero-order chi connectivity index (χ0) is 13.7. The lowest BCUT2D eigenvalue weighted by Crippen LogP contribution is -2.29. The lowest BCUT2D eigenvalue weighted by atomic mass is 10.1. The summed E-state index contributed by atoms with van der Waals surface area (Å²) < 4.78 is 4.62. The minimum atomic E-state index is -0.992. The van der Waals surface area contributed by atoms with Gasteiger partial charge in [-0.1, -0.05) is 18.5 Å². The molecule has 0 saturated carbocycles. The van der Waals surface area contributed by atoms with Crippen LogP contribution >= 0.6 is 11.6 Å². The SMILES string of the molecule is CCC(Nc1cc(Cl)ccc1C(=O)OC)C(=O)O. The molecule has 98 valence electrons. The van der Waals surface area contributed by atoms with Crippen molar-refractivity contribution in [1.82, 2.24) is 0 Å². The van der Waals surface area contributed by atoms with Gasteiger partial charge in [0.1, 0.15) is 6.04 Å². The number of carbonyl (C=O) groups excluding carboxylic acids is 1. The quantitative estimate of drug-likeness (QED) is 0.804. The Morgan fingerprint density at radius 1 is 1.50 bits per heavy atom. The summed E-state index contributed by atoms with van der Waals surface area (Å²) in [5.41, 5.74) is 0.602. The first-order valence-electron chi connectivity index (χ1n) is 5.36. The summed E-state index contributed by atoms with van der Waals surface area (Å²) in [6.07, 6.45) is 0.377. The number of carboxylic acid groups (broad SMARTS) is 1. The number of nitrogens with one attached hydrogen (secondary N) is 1. The van der Waals surface area contributed by atoms with Crippen molar-refractivity contribution >= 4 is 29.2 Å². The van der Waals surface area contributed by atoms with Crippen LogP contribution in [0.15, 0.2) is 18.2 Å². The summed E-state index contributed by atoms with van der Waals surface area (Å²) in [4.78, 5) is 22.5. The van der Waals surface area contributed by atoms with E-state index in [1.54, 1.807) is 13.0 Å². The first kappa shape index (κ1) is 14.3. The van der Waals surface area contributed by atoms with Crippen molar-refractivity contribution in [2.24, 2.45) is 0 Å². The maximum atomic E-state index is 11.5. The van der Waals surface area contributed by atoms with Gasteiger partial charge in [-0.15, -0.1) is 0 Å². The number of rotatable bonds is 5. The van der Waals surface area contributed by atoms with Crippen molar-refractivity contribution in [2.45, 2.75) is 19.4 Å². The molecule has 1 aromatic rings. The molecule has 0 fully saturated rings. The van der Waals surface area contributed by atoms with E-state index < -0.39 is 18.0 Å². The Labute approximate surface area is 110 Å². The van der Waals surface area contributed by atoms with Crippen molar-refractivity contribution in [3.8, 4) is 0 Å². The van der Waals surface area contributed by atoms with Gasteiger partial charge in [0.25, 0.3) is 0 Å². The highest BCUT2D eigenvalue weighted by molar-refractivity contribution is 6.31. The predicted octanol–water partition coefficient (Wildman–Crippen LogP) is 2.40. The van der Waals surface area contributed by atoms with Gasteiger partial charge < -0.3 is 15.2 Å². The third-order valence-corrected chi connectivity index (χ3v) is 2.66. The van der Waals surface area contributed by atoms with Crippen molar-refractivity contribution in [3.05, 3.63) is 28.8 Å². The highest BCUT2D eigenvalue weighted by Gasteiger charge is 2.19. The fourth-order valence-corrected chi connectivity index (χ4v) is 1.62. The Morgan fingerprint density at radius 2 is 2.17 bits per heavy atom. The predicted molar refractivity (Wildman–Crippen MR) is 68.1 cm³/mol. The lowest BCUT2D eigenvalue weighted by molar-refractivity contribution is -0.137. The second kappa shape index (κ2) is 6.26. The van der Waals surface area contributed by atoms with Crippen LogP contribution in [0.5, 0.6) is 0 Å². The summed E-state index contributed by atoms with van der Waals surface area (Å²) in [7, 11) is 1.26. The van der Waals surface area contributed by atoms with Gasteiger partial charge in [-0.25, -0.2) is 9.59 Å². The lowest BCUT2D eigenvalue weighted by Gasteiger charge is -2.16. The maximum absolute atomic E-state index is 11.5. The van der Waals surface area contributed by atoms with Crippen LogP contribution in [0.4, 0.5) is 5.69 Å². The van der Waals surface area contributed by atoms with Gasteiger partial charge in [0.2, 0.25) is 0 Å². The average Bonchev–Trinajstić information content (AvgIpc) is 2.34. The van der Waals surface area contributed by atoms with Crippen molar-refractivity contribution in [1.29, 1.82) is 0 Å². The Hall–Kier alpha value is -1.75. The van der Waals surface area contributed by atoms with Crippen molar-refractivity contribution < 1.29 is 19.4 Å². The van der Waals surface area contributed by atoms with Crippen LogP contribution in [0.25, 0.3) is 0 Å². The number of methoxy groups -OCH3 is 1. The Kier molecular flexibility index (Phi) is 4.97. The first-order valence-corrected chi connectivity index (χ1v) is 5.74. The molecule has 1 aromatic carbocycles. The number of benzene rings is 1. The van der Waals surface area contributed by atoms with Crippen LogP contribution in [0, 0.1) is 0 Å². The summed E-state index contributed by atoms with van der Waals surface area (Å²) in [5.74, 6) is -1.54. The minimum Gasteiger partial charge on any atom is -0.480 e. The number of esters is 1. The summed E-state index contributed by atoms with van der Waals surface area (Å²) in [5, 5.41) is 12.2. The number of hydrogen-bond acceptors (Lipinski definition) is 4. The van der Waals surface area contributed by atoms with E-state index in [4.69, 9.17) is 16.7 Å². The average molecular weight is 272 g/mol. The van der Waals surface area contributed by atoms with Gasteiger partial charge in [-0.3, -0.25) is 0 Å². The molecule has 0 aliphatic heterocycles. The largest absolute Gasteiger partial charge is 0.480 e. The zero-order valence-corrected chi connectivity index (χ0v) is 10.8. The second-order valence-corrected chi connectivity index (χ2v) is 4.06. The Bertz CT molecular complexity index is 461. The van der Waals surface area contributed by atoms with Crippen LogP contribution in [-0.2, 0) is 9.53 Å². The molecular weight excluding hydrogens is 258 g/mol. The molecule has 0 spiro atoms. The molecule has 0 aromatic heterocycles. The maximum Gasteiger partial charge on any atom is 0.339 e. The summed E-state index contributed by atoms with van der Waals surface area (Å²) in [6.45, 7) is 1.73. The van der Waals surface area contributed by atoms with Gasteiger partial charge in [0.05, 0.1) is 18.4 Å². The molecule has 0 bridgehead atoms. The normalized spacial score (nSPS) is 11.7. The zero-order valence-electron chi connectivity index (χ0n) is 10.1. The van der Waals surface area contributed by atoms with E-state index in [2.05, 4.69) is 10.1 Å².